The maximum absolute atomic E-state index is 13.6. The molecule has 4 rings (SSSR count). The minimum atomic E-state index is -0.201. The molecule has 30 heavy (non-hydrogen) atoms. The second kappa shape index (κ2) is 9.39. The minimum absolute atomic E-state index is 0.201. The Balaban J connectivity index is 1.34. The largest absolute Gasteiger partial charge is 0.369 e. The SMILES string of the molecule is CN=C(NCc1cccc(-c2ncn[nH]2)c1)NC1CCCN(c2cccc(F)c2)C1. The van der Waals surface area contributed by atoms with Crippen molar-refractivity contribution in [2.75, 3.05) is 25.0 Å². The Kier molecular flexibility index (Phi) is 6.22. The lowest BCUT2D eigenvalue weighted by Crippen LogP contribution is -2.51. The van der Waals surface area contributed by atoms with E-state index in [2.05, 4.69) is 47.8 Å². The lowest BCUT2D eigenvalue weighted by molar-refractivity contribution is 0.467. The molecule has 2 heterocycles. The van der Waals surface area contributed by atoms with Crippen molar-refractivity contribution in [3.63, 3.8) is 0 Å². The lowest BCUT2D eigenvalue weighted by Gasteiger charge is -2.35. The van der Waals surface area contributed by atoms with E-state index in [1.807, 2.05) is 18.2 Å². The van der Waals surface area contributed by atoms with Crippen LogP contribution in [0.25, 0.3) is 11.4 Å². The van der Waals surface area contributed by atoms with E-state index >= 15 is 0 Å². The molecular weight excluding hydrogens is 381 g/mol. The number of halogens is 1. The molecule has 7 nitrogen and oxygen atoms in total. The van der Waals surface area contributed by atoms with E-state index in [1.54, 1.807) is 19.2 Å². The molecule has 1 aliphatic heterocycles. The first-order valence-corrected chi connectivity index (χ1v) is 10.1. The highest BCUT2D eigenvalue weighted by molar-refractivity contribution is 5.80. The fraction of sp³-hybridized carbons (Fsp3) is 0.318. The average Bonchev–Trinajstić information content (AvgIpc) is 3.32. The van der Waals surface area contributed by atoms with Gasteiger partial charge in [0.2, 0.25) is 0 Å². The predicted octanol–water partition coefficient (Wildman–Crippen LogP) is 2.94. The van der Waals surface area contributed by atoms with Gasteiger partial charge in [0.1, 0.15) is 12.1 Å². The van der Waals surface area contributed by atoms with Crippen LogP contribution in [0.4, 0.5) is 10.1 Å². The Morgan fingerprint density at radius 2 is 2.17 bits per heavy atom. The molecule has 3 N–H and O–H groups in total. The molecule has 0 bridgehead atoms. The quantitative estimate of drug-likeness (QED) is 0.448. The van der Waals surface area contributed by atoms with Gasteiger partial charge in [0.25, 0.3) is 0 Å². The Hall–Kier alpha value is -3.42. The summed E-state index contributed by atoms with van der Waals surface area (Å²) in [5.41, 5.74) is 3.04. The summed E-state index contributed by atoms with van der Waals surface area (Å²) in [4.78, 5) is 10.8. The van der Waals surface area contributed by atoms with Gasteiger partial charge in [-0.25, -0.2) is 9.37 Å². The van der Waals surface area contributed by atoms with Crippen LogP contribution in [-0.4, -0.2) is 47.3 Å². The number of anilines is 1. The van der Waals surface area contributed by atoms with E-state index in [1.165, 1.54) is 12.4 Å². The van der Waals surface area contributed by atoms with Crippen LogP contribution < -0.4 is 15.5 Å². The van der Waals surface area contributed by atoms with Crippen molar-refractivity contribution < 1.29 is 4.39 Å². The molecule has 0 radical (unpaired) electrons. The van der Waals surface area contributed by atoms with Crippen molar-refractivity contribution in [2.24, 2.45) is 4.99 Å². The van der Waals surface area contributed by atoms with Crippen LogP contribution >= 0.6 is 0 Å². The molecule has 0 spiro atoms. The van der Waals surface area contributed by atoms with Crippen molar-refractivity contribution >= 4 is 11.6 Å². The third kappa shape index (κ3) is 4.94. The number of hydrogen-bond donors (Lipinski definition) is 3. The first-order chi connectivity index (χ1) is 14.7. The number of benzene rings is 2. The van der Waals surface area contributed by atoms with Gasteiger partial charge in [-0.3, -0.25) is 10.1 Å². The highest BCUT2D eigenvalue weighted by atomic mass is 19.1. The van der Waals surface area contributed by atoms with Gasteiger partial charge in [0.15, 0.2) is 11.8 Å². The standard InChI is InChI=1S/C22H26FN7/c1-24-22(25-13-16-5-2-6-17(11-16)21-26-15-27-29-21)28-19-8-4-10-30(14-19)20-9-3-7-18(23)12-20/h2-3,5-7,9,11-12,15,19H,4,8,10,13-14H2,1H3,(H2,24,25,28)(H,26,27,29). The first-order valence-electron chi connectivity index (χ1n) is 10.1. The zero-order valence-corrected chi connectivity index (χ0v) is 17.0. The molecule has 156 valence electrons. The number of aromatic nitrogens is 3. The van der Waals surface area contributed by atoms with Crippen LogP contribution in [0.15, 0.2) is 59.9 Å². The van der Waals surface area contributed by atoms with Gasteiger partial charge in [0, 0.05) is 44.0 Å². The molecule has 1 aromatic heterocycles. The molecule has 1 aliphatic rings. The number of hydrogen-bond acceptors (Lipinski definition) is 4. The maximum Gasteiger partial charge on any atom is 0.191 e. The van der Waals surface area contributed by atoms with Gasteiger partial charge < -0.3 is 15.5 Å². The zero-order chi connectivity index (χ0) is 20.8. The predicted molar refractivity (Wildman–Crippen MR) is 117 cm³/mol. The second-order valence-corrected chi connectivity index (χ2v) is 7.37. The van der Waals surface area contributed by atoms with Crippen molar-refractivity contribution in [1.29, 1.82) is 0 Å². The number of nitrogens with one attached hydrogen (secondary N) is 3. The van der Waals surface area contributed by atoms with E-state index in [-0.39, 0.29) is 11.9 Å². The summed E-state index contributed by atoms with van der Waals surface area (Å²) < 4.78 is 13.6. The smallest absolute Gasteiger partial charge is 0.191 e. The number of aromatic amines is 1. The fourth-order valence-corrected chi connectivity index (χ4v) is 3.75. The monoisotopic (exact) mass is 407 g/mol. The maximum atomic E-state index is 13.6. The zero-order valence-electron chi connectivity index (χ0n) is 17.0. The van der Waals surface area contributed by atoms with Gasteiger partial charge >= 0.3 is 0 Å². The first kappa shape index (κ1) is 19.9. The van der Waals surface area contributed by atoms with Crippen LogP contribution in [0.2, 0.25) is 0 Å². The highest BCUT2D eigenvalue weighted by Gasteiger charge is 2.21. The van der Waals surface area contributed by atoms with Gasteiger partial charge in [-0.2, -0.15) is 5.10 Å². The van der Waals surface area contributed by atoms with Gasteiger partial charge in [-0.1, -0.05) is 24.3 Å². The number of nitrogens with zero attached hydrogens (tertiary/aromatic N) is 4. The number of aliphatic imine (C=N–C) groups is 1. The molecule has 0 aliphatic carbocycles. The van der Waals surface area contributed by atoms with E-state index in [9.17, 15) is 4.39 Å². The van der Waals surface area contributed by atoms with Crippen LogP contribution in [0, 0.1) is 5.82 Å². The normalized spacial score (nSPS) is 17.1. The Morgan fingerprint density at radius 1 is 1.27 bits per heavy atom. The topological polar surface area (TPSA) is 81.2 Å². The lowest BCUT2D eigenvalue weighted by atomic mass is 10.0. The molecular formula is C22H26FN7. The number of H-pyrrole nitrogens is 1. The molecule has 1 atom stereocenters. The molecule has 8 heteroatoms. The molecule has 3 aromatic rings. The second-order valence-electron chi connectivity index (χ2n) is 7.37. The molecule has 1 fully saturated rings. The third-order valence-electron chi connectivity index (χ3n) is 5.23. The van der Waals surface area contributed by atoms with Gasteiger partial charge in [0.05, 0.1) is 0 Å². The Morgan fingerprint density at radius 3 is 2.97 bits per heavy atom. The third-order valence-corrected chi connectivity index (χ3v) is 5.23. The summed E-state index contributed by atoms with van der Waals surface area (Å²) in [6, 6.07) is 15.2. The summed E-state index contributed by atoms with van der Waals surface area (Å²) in [5.74, 6) is 1.30. The van der Waals surface area contributed by atoms with Gasteiger partial charge in [-0.15, -0.1) is 0 Å². The van der Waals surface area contributed by atoms with Crippen LogP contribution in [0.5, 0.6) is 0 Å². The fourth-order valence-electron chi connectivity index (χ4n) is 3.75. The van der Waals surface area contributed by atoms with Gasteiger partial charge in [-0.05, 0) is 42.7 Å². The highest BCUT2D eigenvalue weighted by Crippen LogP contribution is 2.21. The Labute approximate surface area is 175 Å². The van der Waals surface area contributed by atoms with Crippen molar-refractivity contribution in [2.45, 2.75) is 25.4 Å². The summed E-state index contributed by atoms with van der Waals surface area (Å²) in [7, 11) is 1.77. The minimum Gasteiger partial charge on any atom is -0.369 e. The van der Waals surface area contributed by atoms with Crippen molar-refractivity contribution in [3.8, 4) is 11.4 Å². The molecule has 1 unspecified atom stereocenters. The number of guanidine groups is 1. The van der Waals surface area contributed by atoms with E-state index in [4.69, 9.17) is 0 Å². The van der Waals surface area contributed by atoms with Crippen LogP contribution in [-0.2, 0) is 6.54 Å². The number of rotatable bonds is 5. The van der Waals surface area contributed by atoms with E-state index in [0.717, 1.165) is 54.5 Å². The number of piperidine rings is 1. The summed E-state index contributed by atoms with van der Waals surface area (Å²) in [6.45, 7) is 2.38. The van der Waals surface area contributed by atoms with Crippen molar-refractivity contribution in [1.82, 2.24) is 25.8 Å². The van der Waals surface area contributed by atoms with E-state index in [0.29, 0.717) is 6.54 Å². The van der Waals surface area contributed by atoms with Crippen LogP contribution in [0.1, 0.15) is 18.4 Å². The molecule has 1 saturated heterocycles. The summed E-state index contributed by atoms with van der Waals surface area (Å²) in [6.07, 6.45) is 3.60. The summed E-state index contributed by atoms with van der Waals surface area (Å²) in [5, 5.41) is 13.7. The average molecular weight is 407 g/mol. The molecule has 0 amide bonds. The summed E-state index contributed by atoms with van der Waals surface area (Å²) >= 11 is 0. The van der Waals surface area contributed by atoms with E-state index < -0.39 is 0 Å². The van der Waals surface area contributed by atoms with Crippen molar-refractivity contribution in [3.05, 3.63) is 66.2 Å². The van der Waals surface area contributed by atoms with Crippen LogP contribution in [0.3, 0.4) is 0 Å². The Bertz CT molecular complexity index is 987. The molecule has 2 aromatic carbocycles. The molecule has 0 saturated carbocycles.